The molecule has 0 saturated carbocycles. The minimum absolute atomic E-state index is 0.346. The van der Waals surface area contributed by atoms with Crippen molar-refractivity contribution in [2.75, 3.05) is 40.5 Å². The van der Waals surface area contributed by atoms with E-state index in [-0.39, 0.29) is 0 Å². The third-order valence-corrected chi connectivity index (χ3v) is 4.24. The van der Waals surface area contributed by atoms with Gasteiger partial charge in [-0.25, -0.2) is 0 Å². The van der Waals surface area contributed by atoms with E-state index in [0.29, 0.717) is 31.3 Å². The maximum atomic E-state index is 10.1. The van der Waals surface area contributed by atoms with Crippen molar-refractivity contribution >= 4 is 0 Å². The Kier molecular flexibility index (Phi) is 7.15. The highest BCUT2D eigenvalue weighted by molar-refractivity contribution is 5.42. The monoisotopic (exact) mass is 323 g/mol. The summed E-state index contributed by atoms with van der Waals surface area (Å²) in [5.74, 6) is 2.12. The standard InChI is InChI=1S/C18H29NO4/c1-14-5-4-8-19(10-14)11-16(20)13-23-12-15-6-7-17(21-2)18(9-15)22-3/h6-7,9,14,16,20H,4-5,8,10-13H2,1-3H3/t14-,16+/m0/s1. The molecular weight excluding hydrogens is 294 g/mol. The van der Waals surface area contributed by atoms with Gasteiger partial charge in [-0.1, -0.05) is 13.0 Å². The summed E-state index contributed by atoms with van der Waals surface area (Å²) in [7, 11) is 3.23. The number of hydrogen-bond donors (Lipinski definition) is 1. The van der Waals surface area contributed by atoms with Crippen LogP contribution in [0.2, 0.25) is 0 Å². The highest BCUT2D eigenvalue weighted by atomic mass is 16.5. The van der Waals surface area contributed by atoms with Gasteiger partial charge in [0.15, 0.2) is 11.5 Å². The summed E-state index contributed by atoms with van der Waals surface area (Å²) >= 11 is 0. The highest BCUT2D eigenvalue weighted by Gasteiger charge is 2.18. The zero-order valence-electron chi connectivity index (χ0n) is 14.5. The molecule has 0 aromatic heterocycles. The molecule has 0 unspecified atom stereocenters. The zero-order chi connectivity index (χ0) is 16.7. The zero-order valence-corrected chi connectivity index (χ0v) is 14.5. The van der Waals surface area contributed by atoms with Gasteiger partial charge in [0.2, 0.25) is 0 Å². The number of likely N-dealkylation sites (tertiary alicyclic amines) is 1. The van der Waals surface area contributed by atoms with Crippen LogP contribution in [0.5, 0.6) is 11.5 Å². The van der Waals surface area contributed by atoms with E-state index in [0.717, 1.165) is 24.6 Å². The van der Waals surface area contributed by atoms with E-state index in [1.807, 2.05) is 18.2 Å². The lowest BCUT2D eigenvalue weighted by Crippen LogP contribution is -2.40. The number of rotatable bonds is 8. The summed E-state index contributed by atoms with van der Waals surface area (Å²) in [5.41, 5.74) is 1.00. The molecule has 1 aromatic carbocycles. The van der Waals surface area contributed by atoms with E-state index in [9.17, 15) is 5.11 Å². The van der Waals surface area contributed by atoms with Crippen molar-refractivity contribution < 1.29 is 19.3 Å². The van der Waals surface area contributed by atoms with Gasteiger partial charge < -0.3 is 24.2 Å². The highest BCUT2D eigenvalue weighted by Crippen LogP contribution is 2.27. The topological polar surface area (TPSA) is 51.2 Å². The van der Waals surface area contributed by atoms with Crippen LogP contribution in [0.3, 0.4) is 0 Å². The van der Waals surface area contributed by atoms with Crippen LogP contribution < -0.4 is 9.47 Å². The Morgan fingerprint density at radius 3 is 2.74 bits per heavy atom. The van der Waals surface area contributed by atoms with Gasteiger partial charge in [0, 0.05) is 13.1 Å². The van der Waals surface area contributed by atoms with Gasteiger partial charge in [-0.15, -0.1) is 0 Å². The molecule has 1 saturated heterocycles. The molecule has 1 heterocycles. The number of aliphatic hydroxyl groups excluding tert-OH is 1. The summed E-state index contributed by atoms with van der Waals surface area (Å²) in [6, 6.07) is 5.71. The van der Waals surface area contributed by atoms with Gasteiger partial charge >= 0.3 is 0 Å². The summed E-state index contributed by atoms with van der Waals surface area (Å²) in [5, 5.41) is 10.1. The van der Waals surface area contributed by atoms with Crippen LogP contribution in [0, 0.1) is 5.92 Å². The second-order valence-electron chi connectivity index (χ2n) is 6.37. The van der Waals surface area contributed by atoms with E-state index in [1.54, 1.807) is 14.2 Å². The molecule has 0 spiro atoms. The molecule has 0 bridgehead atoms. The number of nitrogens with zero attached hydrogens (tertiary/aromatic N) is 1. The lowest BCUT2D eigenvalue weighted by atomic mass is 10.0. The first-order valence-electron chi connectivity index (χ1n) is 8.31. The average molecular weight is 323 g/mol. The fourth-order valence-corrected chi connectivity index (χ4v) is 3.09. The summed E-state index contributed by atoms with van der Waals surface area (Å²) in [4.78, 5) is 2.33. The van der Waals surface area contributed by atoms with Crippen LogP contribution in [0.15, 0.2) is 18.2 Å². The Bertz CT molecular complexity index is 480. The van der Waals surface area contributed by atoms with E-state index in [1.165, 1.54) is 12.8 Å². The molecule has 5 heteroatoms. The minimum Gasteiger partial charge on any atom is -0.493 e. The first-order chi connectivity index (χ1) is 11.1. The maximum Gasteiger partial charge on any atom is 0.161 e. The van der Waals surface area contributed by atoms with Crippen molar-refractivity contribution in [1.82, 2.24) is 4.90 Å². The second-order valence-corrected chi connectivity index (χ2v) is 6.37. The molecule has 2 atom stereocenters. The van der Waals surface area contributed by atoms with E-state index in [2.05, 4.69) is 11.8 Å². The fraction of sp³-hybridized carbons (Fsp3) is 0.667. The molecule has 0 radical (unpaired) electrons. The van der Waals surface area contributed by atoms with Gasteiger partial charge in [0.25, 0.3) is 0 Å². The Labute approximate surface area is 139 Å². The molecule has 1 aliphatic rings. The van der Waals surface area contributed by atoms with Gasteiger partial charge in [-0.05, 0) is 43.0 Å². The molecule has 23 heavy (non-hydrogen) atoms. The molecule has 1 N–H and O–H groups in total. The van der Waals surface area contributed by atoms with Gasteiger partial charge in [0.1, 0.15) is 0 Å². The Balaban J connectivity index is 1.73. The van der Waals surface area contributed by atoms with Crippen LogP contribution in [-0.4, -0.2) is 56.6 Å². The number of β-amino-alcohol motifs (C(OH)–C–C–N with tert-alkyl or cyclic N) is 1. The minimum atomic E-state index is -0.444. The molecule has 1 aliphatic heterocycles. The van der Waals surface area contributed by atoms with E-state index in [4.69, 9.17) is 14.2 Å². The van der Waals surface area contributed by atoms with Gasteiger partial charge in [-0.2, -0.15) is 0 Å². The van der Waals surface area contributed by atoms with Gasteiger partial charge in [0.05, 0.1) is 33.5 Å². The molecule has 0 aliphatic carbocycles. The number of ether oxygens (including phenoxy) is 3. The number of methoxy groups -OCH3 is 2. The third-order valence-electron chi connectivity index (χ3n) is 4.24. The maximum absolute atomic E-state index is 10.1. The number of benzene rings is 1. The Morgan fingerprint density at radius 1 is 1.26 bits per heavy atom. The van der Waals surface area contributed by atoms with Crippen LogP contribution in [0.1, 0.15) is 25.3 Å². The summed E-state index contributed by atoms with van der Waals surface area (Å²) in [6.07, 6.45) is 2.07. The van der Waals surface area contributed by atoms with Crippen LogP contribution in [0.25, 0.3) is 0 Å². The average Bonchev–Trinajstić information content (AvgIpc) is 2.54. The predicted octanol–water partition coefficient (Wildman–Crippen LogP) is 2.31. The molecule has 0 amide bonds. The molecule has 2 rings (SSSR count). The fourth-order valence-electron chi connectivity index (χ4n) is 3.09. The predicted molar refractivity (Wildman–Crippen MR) is 90.0 cm³/mol. The lowest BCUT2D eigenvalue weighted by Gasteiger charge is -2.32. The Morgan fingerprint density at radius 2 is 2.04 bits per heavy atom. The molecule has 1 fully saturated rings. The first kappa shape index (κ1) is 18.0. The molecule has 5 nitrogen and oxygen atoms in total. The van der Waals surface area contributed by atoms with Crippen LogP contribution in [-0.2, 0) is 11.3 Å². The number of aliphatic hydroxyl groups is 1. The van der Waals surface area contributed by atoms with Crippen molar-refractivity contribution in [3.8, 4) is 11.5 Å². The summed E-state index contributed by atoms with van der Waals surface area (Å²) < 4.78 is 16.1. The quantitative estimate of drug-likeness (QED) is 0.796. The summed E-state index contributed by atoms with van der Waals surface area (Å²) in [6.45, 7) is 5.92. The molecular formula is C18H29NO4. The SMILES string of the molecule is COc1ccc(COC[C@H](O)CN2CCC[C@H](C)C2)cc1OC. The van der Waals surface area contributed by atoms with Gasteiger partial charge in [-0.3, -0.25) is 0 Å². The van der Waals surface area contributed by atoms with Crippen LogP contribution >= 0.6 is 0 Å². The second kappa shape index (κ2) is 9.11. The van der Waals surface area contributed by atoms with Crippen molar-refractivity contribution in [2.24, 2.45) is 5.92 Å². The van der Waals surface area contributed by atoms with Crippen molar-refractivity contribution in [3.63, 3.8) is 0 Å². The number of hydrogen-bond acceptors (Lipinski definition) is 5. The molecule has 1 aromatic rings. The lowest BCUT2D eigenvalue weighted by molar-refractivity contribution is 0.00373. The third kappa shape index (κ3) is 5.68. The van der Waals surface area contributed by atoms with Crippen molar-refractivity contribution in [1.29, 1.82) is 0 Å². The van der Waals surface area contributed by atoms with Crippen molar-refractivity contribution in [2.45, 2.75) is 32.5 Å². The van der Waals surface area contributed by atoms with Crippen molar-refractivity contribution in [3.05, 3.63) is 23.8 Å². The van der Waals surface area contributed by atoms with E-state index < -0.39 is 6.10 Å². The normalized spacial score (nSPS) is 20.3. The molecule has 130 valence electrons. The smallest absolute Gasteiger partial charge is 0.161 e. The van der Waals surface area contributed by atoms with Crippen LogP contribution in [0.4, 0.5) is 0 Å². The van der Waals surface area contributed by atoms with E-state index >= 15 is 0 Å². The largest absolute Gasteiger partial charge is 0.493 e. The number of piperidine rings is 1. The first-order valence-corrected chi connectivity index (χ1v) is 8.31. The Hall–Kier alpha value is -1.30.